The summed E-state index contributed by atoms with van der Waals surface area (Å²) in [6, 6.07) is 0. The van der Waals surface area contributed by atoms with Gasteiger partial charge in [0.1, 0.15) is 0 Å². The quantitative estimate of drug-likeness (QED) is 0.454. The Labute approximate surface area is 229 Å². The zero-order valence-corrected chi connectivity index (χ0v) is 25.0. The van der Waals surface area contributed by atoms with Crippen LogP contribution in [-0.2, 0) is 19.1 Å². The summed E-state index contributed by atoms with van der Waals surface area (Å²) in [6.45, 7) is 16.8. The Hall–Kier alpha value is -1.75. The number of fused-ring (bicyclic) bond motifs is 7. The highest BCUT2D eigenvalue weighted by Crippen LogP contribution is 2.74. The maximum absolute atomic E-state index is 14.4. The number of hydrogen-bond donors (Lipinski definition) is 1. The predicted octanol–water partition coefficient (Wildman–Crippen LogP) is 6.07. The first-order valence-electron chi connectivity index (χ1n) is 14.9. The van der Waals surface area contributed by atoms with Crippen molar-refractivity contribution in [2.45, 2.75) is 93.4 Å². The summed E-state index contributed by atoms with van der Waals surface area (Å²) in [5.74, 6) is 0.854. The van der Waals surface area contributed by atoms with Crippen molar-refractivity contribution in [3.63, 3.8) is 0 Å². The van der Waals surface area contributed by atoms with Crippen LogP contribution in [0.15, 0.2) is 23.8 Å². The molecule has 0 spiro atoms. The van der Waals surface area contributed by atoms with E-state index in [9.17, 15) is 14.4 Å². The monoisotopic (exact) mass is 523 g/mol. The maximum Gasteiger partial charge on any atom is 0.226 e. The molecule has 8 atom stereocenters. The normalized spacial score (nSPS) is 47.3. The third-order valence-electron chi connectivity index (χ3n) is 13.0. The molecule has 8 unspecified atom stereocenters. The van der Waals surface area contributed by atoms with Gasteiger partial charge >= 0.3 is 0 Å². The van der Waals surface area contributed by atoms with Crippen LogP contribution in [0.4, 0.5) is 0 Å². The summed E-state index contributed by atoms with van der Waals surface area (Å²) in [6.07, 6.45) is 12.7. The number of carbonyl (C=O) groups excluding carboxylic acids is 3. The molecule has 38 heavy (non-hydrogen) atoms. The Kier molecular flexibility index (Phi) is 6.31. The second-order valence-corrected chi connectivity index (χ2v) is 15.3. The Morgan fingerprint density at radius 3 is 2.37 bits per heavy atom. The van der Waals surface area contributed by atoms with Crippen molar-refractivity contribution in [2.24, 2.45) is 50.2 Å². The molecule has 5 rings (SSSR count). The highest BCUT2D eigenvalue weighted by molar-refractivity contribution is 5.98. The fraction of sp³-hybridized carbons (Fsp3) is 0.788. The third kappa shape index (κ3) is 3.55. The number of ether oxygens (including phenoxy) is 1. The molecule has 0 radical (unpaired) electrons. The Morgan fingerprint density at radius 1 is 1.00 bits per heavy atom. The Balaban J connectivity index is 1.55. The van der Waals surface area contributed by atoms with Crippen molar-refractivity contribution < 1.29 is 19.1 Å². The number of allylic oxidation sites excluding steroid dienone is 4. The molecule has 0 heterocycles. The molecule has 3 fully saturated rings. The first-order valence-corrected chi connectivity index (χ1v) is 14.9. The van der Waals surface area contributed by atoms with E-state index in [2.05, 4.69) is 59.9 Å². The highest BCUT2D eigenvalue weighted by atomic mass is 16.5. The van der Waals surface area contributed by atoms with Gasteiger partial charge in [-0.1, -0.05) is 60.1 Å². The average Bonchev–Trinajstić information content (AvgIpc) is 2.84. The number of methoxy groups -OCH3 is 1. The van der Waals surface area contributed by atoms with Crippen molar-refractivity contribution in [1.82, 2.24) is 5.32 Å². The molecule has 0 aliphatic heterocycles. The van der Waals surface area contributed by atoms with Crippen LogP contribution in [0.3, 0.4) is 0 Å². The van der Waals surface area contributed by atoms with E-state index in [4.69, 9.17) is 4.74 Å². The van der Waals surface area contributed by atoms with E-state index in [0.717, 1.165) is 44.9 Å². The van der Waals surface area contributed by atoms with E-state index >= 15 is 0 Å². The van der Waals surface area contributed by atoms with E-state index in [1.807, 2.05) is 6.08 Å². The first kappa shape index (κ1) is 27.8. The molecule has 5 aliphatic rings. The molecule has 0 saturated heterocycles. The number of ketones is 2. The van der Waals surface area contributed by atoms with Crippen LogP contribution < -0.4 is 5.32 Å². The number of nitrogens with one attached hydrogen (secondary N) is 1. The molecule has 210 valence electrons. The van der Waals surface area contributed by atoms with Crippen LogP contribution in [0.2, 0.25) is 0 Å². The van der Waals surface area contributed by atoms with Crippen LogP contribution >= 0.6 is 0 Å². The summed E-state index contributed by atoms with van der Waals surface area (Å²) >= 11 is 0. The molecule has 5 nitrogen and oxygen atoms in total. The molecule has 1 amide bonds. The highest BCUT2D eigenvalue weighted by Gasteiger charge is 2.69. The van der Waals surface area contributed by atoms with Gasteiger partial charge < -0.3 is 10.1 Å². The van der Waals surface area contributed by atoms with Crippen LogP contribution in [0.5, 0.6) is 0 Å². The molecule has 0 bridgehead atoms. The summed E-state index contributed by atoms with van der Waals surface area (Å²) in [5.41, 5.74) is -0.156. The zero-order valence-electron chi connectivity index (χ0n) is 25.0. The van der Waals surface area contributed by atoms with Crippen LogP contribution in [-0.4, -0.2) is 37.7 Å². The second kappa shape index (κ2) is 8.62. The predicted molar refractivity (Wildman–Crippen MR) is 149 cm³/mol. The smallest absolute Gasteiger partial charge is 0.226 e. The Morgan fingerprint density at radius 2 is 1.68 bits per heavy atom. The van der Waals surface area contributed by atoms with Gasteiger partial charge in [0.25, 0.3) is 0 Å². The van der Waals surface area contributed by atoms with Crippen LogP contribution in [0.25, 0.3) is 0 Å². The van der Waals surface area contributed by atoms with Crippen molar-refractivity contribution in [2.75, 3.05) is 20.3 Å². The molecular formula is C33H49NO4. The molecular weight excluding hydrogens is 474 g/mol. The summed E-state index contributed by atoms with van der Waals surface area (Å²) in [4.78, 5) is 40.6. The van der Waals surface area contributed by atoms with Crippen molar-refractivity contribution >= 4 is 17.5 Å². The lowest BCUT2D eigenvalue weighted by Gasteiger charge is -2.69. The second-order valence-electron chi connectivity index (χ2n) is 15.3. The van der Waals surface area contributed by atoms with E-state index < -0.39 is 10.8 Å². The fourth-order valence-electron chi connectivity index (χ4n) is 10.1. The molecule has 1 N–H and O–H groups in total. The number of carbonyl (C=O) groups is 3. The molecule has 5 heteroatoms. The minimum atomic E-state index is -0.471. The lowest BCUT2D eigenvalue weighted by atomic mass is 9.34. The summed E-state index contributed by atoms with van der Waals surface area (Å²) in [5, 5.41) is 3.10. The fourth-order valence-corrected chi connectivity index (χ4v) is 10.1. The molecule has 0 aromatic rings. The number of hydrogen-bond acceptors (Lipinski definition) is 4. The van der Waals surface area contributed by atoms with Gasteiger partial charge in [-0.15, -0.1) is 0 Å². The van der Waals surface area contributed by atoms with Gasteiger partial charge in [0.2, 0.25) is 5.91 Å². The van der Waals surface area contributed by atoms with E-state index in [-0.39, 0.29) is 56.9 Å². The van der Waals surface area contributed by atoms with Gasteiger partial charge in [-0.3, -0.25) is 14.4 Å². The lowest BCUT2D eigenvalue weighted by Crippen LogP contribution is -2.64. The van der Waals surface area contributed by atoms with Gasteiger partial charge in [-0.25, -0.2) is 0 Å². The van der Waals surface area contributed by atoms with E-state index in [1.54, 1.807) is 13.2 Å². The standard InChI is InChI=1S/C33H49NO4/c1-28(2)23-9-12-32(6)24(31(23,5)11-10-25(28)36)19-22(35)26-21-20-30(4,27(37)34-17-18-38-8)14-13-29(21,3)15-16-33(26,32)7/h10-11,19,21,23,26H,9,12-18,20H2,1-8H3,(H,34,37). The van der Waals surface area contributed by atoms with Gasteiger partial charge in [0, 0.05) is 35.8 Å². The Bertz CT molecular complexity index is 1120. The topological polar surface area (TPSA) is 72.5 Å². The number of amides is 1. The average molecular weight is 524 g/mol. The summed E-state index contributed by atoms with van der Waals surface area (Å²) in [7, 11) is 1.65. The third-order valence-corrected chi connectivity index (χ3v) is 13.0. The number of rotatable bonds is 4. The zero-order chi connectivity index (χ0) is 27.9. The largest absolute Gasteiger partial charge is 0.383 e. The molecule has 3 saturated carbocycles. The van der Waals surface area contributed by atoms with Gasteiger partial charge in [-0.2, -0.15) is 0 Å². The molecule has 5 aliphatic carbocycles. The van der Waals surface area contributed by atoms with Crippen molar-refractivity contribution in [3.05, 3.63) is 23.8 Å². The van der Waals surface area contributed by atoms with Gasteiger partial charge in [0.15, 0.2) is 11.6 Å². The van der Waals surface area contributed by atoms with Crippen molar-refractivity contribution in [1.29, 1.82) is 0 Å². The van der Waals surface area contributed by atoms with Crippen LogP contribution in [0, 0.1) is 50.2 Å². The minimum absolute atomic E-state index is 0.0775. The SMILES string of the molecule is COCCNC(=O)C1(C)CCC2(C)CCC3(C)C(C(=O)C=C4C5(C)C=CC(=O)C(C)(C)C5CCC43C)C2C1. The van der Waals surface area contributed by atoms with Gasteiger partial charge in [0.05, 0.1) is 6.61 Å². The van der Waals surface area contributed by atoms with E-state index in [1.165, 1.54) is 5.57 Å². The minimum Gasteiger partial charge on any atom is -0.383 e. The van der Waals surface area contributed by atoms with Crippen molar-refractivity contribution in [3.8, 4) is 0 Å². The molecule has 0 aromatic heterocycles. The molecule has 0 aromatic carbocycles. The van der Waals surface area contributed by atoms with Crippen LogP contribution in [0.1, 0.15) is 93.4 Å². The first-order chi connectivity index (χ1) is 17.6. The van der Waals surface area contributed by atoms with E-state index in [0.29, 0.717) is 13.2 Å². The summed E-state index contributed by atoms with van der Waals surface area (Å²) < 4.78 is 5.15. The van der Waals surface area contributed by atoms with Gasteiger partial charge in [-0.05, 0) is 85.2 Å². The maximum atomic E-state index is 14.4. The lowest BCUT2D eigenvalue weighted by molar-refractivity contribution is -0.172.